The van der Waals surface area contributed by atoms with Crippen molar-refractivity contribution in [3.8, 4) is 5.75 Å². The van der Waals surface area contributed by atoms with Gasteiger partial charge in [0.2, 0.25) is 0 Å². The van der Waals surface area contributed by atoms with Crippen LogP contribution in [0.2, 0.25) is 0 Å². The summed E-state index contributed by atoms with van der Waals surface area (Å²) >= 11 is 0. The number of aliphatic hydroxyl groups is 1. The van der Waals surface area contributed by atoms with Crippen molar-refractivity contribution in [2.75, 3.05) is 59.5 Å². The summed E-state index contributed by atoms with van der Waals surface area (Å²) in [7, 11) is 2.15. The van der Waals surface area contributed by atoms with Gasteiger partial charge >= 0.3 is 0 Å². The number of likely N-dealkylation sites (N-methyl/N-ethyl adjacent to an activating group) is 1. The molecule has 1 heterocycles. The van der Waals surface area contributed by atoms with Gasteiger partial charge in [-0.25, -0.2) is 0 Å². The van der Waals surface area contributed by atoms with Crippen LogP contribution in [0.1, 0.15) is 33.3 Å². The summed E-state index contributed by atoms with van der Waals surface area (Å²) in [5, 5.41) is 10.3. The lowest BCUT2D eigenvalue weighted by atomic mass is 9.96. The first kappa shape index (κ1) is 22.2. The van der Waals surface area contributed by atoms with Gasteiger partial charge in [-0.15, -0.1) is 0 Å². The minimum atomic E-state index is -0.453. The first-order chi connectivity index (χ1) is 12.7. The van der Waals surface area contributed by atoms with Crippen LogP contribution in [0.25, 0.3) is 0 Å². The molecule has 5 heteroatoms. The van der Waals surface area contributed by atoms with Crippen LogP contribution in [-0.2, 0) is 6.54 Å². The minimum Gasteiger partial charge on any atom is -0.491 e. The maximum atomic E-state index is 10.3. The lowest BCUT2D eigenvalue weighted by Gasteiger charge is -2.34. The summed E-state index contributed by atoms with van der Waals surface area (Å²) in [4.78, 5) is 7.11. The van der Waals surface area contributed by atoms with E-state index in [1.807, 2.05) is 12.1 Å². The van der Waals surface area contributed by atoms with Crippen molar-refractivity contribution in [1.82, 2.24) is 14.7 Å². The van der Waals surface area contributed by atoms with Gasteiger partial charge in [0.15, 0.2) is 0 Å². The van der Waals surface area contributed by atoms with Gasteiger partial charge in [-0.1, -0.05) is 39.8 Å². The molecule has 5 nitrogen and oxygen atoms in total. The van der Waals surface area contributed by atoms with Crippen molar-refractivity contribution >= 4 is 0 Å². The van der Waals surface area contributed by atoms with Crippen molar-refractivity contribution < 1.29 is 9.84 Å². The minimum absolute atomic E-state index is 0.287. The average Bonchev–Trinajstić information content (AvgIpc) is 2.59. The number of hydrogen-bond donors (Lipinski definition) is 1. The number of β-amino-alcohol motifs (C(OH)–C–C–N with tert-alkyl or cyclic N) is 1. The van der Waals surface area contributed by atoms with E-state index < -0.39 is 6.10 Å². The number of ether oxygens (including phenoxy) is 1. The molecule has 27 heavy (non-hydrogen) atoms. The van der Waals surface area contributed by atoms with Crippen molar-refractivity contribution in [2.45, 2.75) is 40.3 Å². The van der Waals surface area contributed by atoms with Gasteiger partial charge in [-0.05, 0) is 36.7 Å². The van der Waals surface area contributed by atoms with Gasteiger partial charge in [-0.3, -0.25) is 4.90 Å². The maximum absolute atomic E-state index is 10.3. The van der Waals surface area contributed by atoms with Crippen LogP contribution in [0.3, 0.4) is 0 Å². The van der Waals surface area contributed by atoms with Crippen LogP contribution in [0.15, 0.2) is 24.3 Å². The van der Waals surface area contributed by atoms with Crippen LogP contribution < -0.4 is 4.74 Å². The number of benzene rings is 1. The van der Waals surface area contributed by atoms with Gasteiger partial charge in [0.05, 0.1) is 0 Å². The van der Waals surface area contributed by atoms with Crippen molar-refractivity contribution in [3.05, 3.63) is 29.8 Å². The normalized spacial score (nSPS) is 18.0. The Bertz CT molecular complexity index is 551. The molecule has 1 aromatic carbocycles. The molecule has 1 aliphatic rings. The zero-order valence-corrected chi connectivity index (χ0v) is 17.9. The first-order valence-electron chi connectivity index (χ1n) is 10.3. The molecule has 154 valence electrons. The Morgan fingerprint density at radius 3 is 2.44 bits per heavy atom. The van der Waals surface area contributed by atoms with E-state index >= 15 is 0 Å². The molecule has 1 atom stereocenters. The van der Waals surface area contributed by atoms with E-state index in [2.05, 4.69) is 61.6 Å². The fraction of sp³-hybridized carbons (Fsp3) is 0.727. The van der Waals surface area contributed by atoms with Crippen LogP contribution in [-0.4, -0.2) is 85.4 Å². The molecule has 0 saturated carbocycles. The highest BCUT2D eigenvalue weighted by Crippen LogP contribution is 2.18. The summed E-state index contributed by atoms with van der Waals surface area (Å²) in [6.07, 6.45) is -0.453. The lowest BCUT2D eigenvalue weighted by Crippen LogP contribution is -2.49. The van der Waals surface area contributed by atoms with Crippen molar-refractivity contribution in [1.29, 1.82) is 0 Å². The molecule has 0 unspecified atom stereocenters. The standard InChI is InChI=1S/C22H39N3O2/c1-6-24-10-12-25(13-11-24)16-20(26)17-27-21-9-7-8-19(14-21)15-23(5)18-22(2,3)4/h7-9,14,20,26H,6,10-13,15-18H2,1-5H3/t20-/m1/s1. The molecule has 1 aromatic rings. The molecule has 2 rings (SSSR count). The largest absolute Gasteiger partial charge is 0.491 e. The van der Waals surface area contributed by atoms with E-state index in [1.165, 1.54) is 5.56 Å². The highest BCUT2D eigenvalue weighted by molar-refractivity contribution is 5.28. The molecule has 0 aliphatic carbocycles. The van der Waals surface area contributed by atoms with Crippen LogP contribution in [0.5, 0.6) is 5.75 Å². The molecule has 1 fully saturated rings. The SMILES string of the molecule is CCN1CCN(C[C@@H](O)COc2cccc(CN(C)CC(C)(C)C)c2)CC1. The lowest BCUT2D eigenvalue weighted by molar-refractivity contribution is 0.0470. The highest BCUT2D eigenvalue weighted by Gasteiger charge is 2.18. The molecular weight excluding hydrogens is 338 g/mol. The van der Waals surface area contributed by atoms with E-state index in [-0.39, 0.29) is 5.41 Å². The smallest absolute Gasteiger partial charge is 0.119 e. The van der Waals surface area contributed by atoms with E-state index in [0.29, 0.717) is 13.2 Å². The Kier molecular flexibility index (Phi) is 8.55. The quantitative estimate of drug-likeness (QED) is 0.716. The molecule has 0 spiro atoms. The third kappa shape index (κ3) is 8.60. The van der Waals surface area contributed by atoms with E-state index in [9.17, 15) is 5.11 Å². The fourth-order valence-corrected chi connectivity index (χ4v) is 3.74. The predicted octanol–water partition coefficient (Wildman–Crippen LogP) is 2.54. The summed E-state index contributed by atoms with van der Waals surface area (Å²) in [6, 6.07) is 8.23. The molecule has 1 saturated heterocycles. The summed E-state index contributed by atoms with van der Waals surface area (Å²) < 4.78 is 5.87. The second-order valence-electron chi connectivity index (χ2n) is 9.08. The van der Waals surface area contributed by atoms with E-state index in [4.69, 9.17) is 4.74 Å². The molecule has 0 amide bonds. The van der Waals surface area contributed by atoms with Crippen LogP contribution >= 0.6 is 0 Å². The second kappa shape index (κ2) is 10.4. The Morgan fingerprint density at radius 2 is 1.81 bits per heavy atom. The van der Waals surface area contributed by atoms with E-state index in [0.717, 1.165) is 51.6 Å². The Hall–Kier alpha value is -1.14. The van der Waals surface area contributed by atoms with Crippen molar-refractivity contribution in [2.24, 2.45) is 5.41 Å². The maximum Gasteiger partial charge on any atom is 0.119 e. The Labute approximate surface area is 165 Å². The molecule has 0 bridgehead atoms. The van der Waals surface area contributed by atoms with E-state index in [1.54, 1.807) is 0 Å². The molecule has 0 radical (unpaired) electrons. The third-order valence-electron chi connectivity index (χ3n) is 4.92. The van der Waals surface area contributed by atoms with Crippen LogP contribution in [0.4, 0.5) is 0 Å². The van der Waals surface area contributed by atoms with Gasteiger partial charge in [0.25, 0.3) is 0 Å². The highest BCUT2D eigenvalue weighted by atomic mass is 16.5. The van der Waals surface area contributed by atoms with Gasteiger partial charge < -0.3 is 19.6 Å². The number of nitrogens with zero attached hydrogens (tertiary/aromatic N) is 3. The van der Waals surface area contributed by atoms with Gasteiger partial charge in [-0.2, -0.15) is 0 Å². The first-order valence-corrected chi connectivity index (χ1v) is 10.3. The monoisotopic (exact) mass is 377 g/mol. The zero-order valence-electron chi connectivity index (χ0n) is 17.9. The number of hydrogen-bond acceptors (Lipinski definition) is 5. The third-order valence-corrected chi connectivity index (χ3v) is 4.92. The summed E-state index contributed by atoms with van der Waals surface area (Å²) in [6.45, 7) is 17.3. The van der Waals surface area contributed by atoms with Gasteiger partial charge in [0, 0.05) is 45.8 Å². The summed E-state index contributed by atoms with van der Waals surface area (Å²) in [5.41, 5.74) is 1.53. The predicted molar refractivity (Wildman–Crippen MR) is 112 cm³/mol. The molecule has 1 aliphatic heterocycles. The fourth-order valence-electron chi connectivity index (χ4n) is 3.74. The second-order valence-corrected chi connectivity index (χ2v) is 9.08. The Balaban J connectivity index is 1.75. The topological polar surface area (TPSA) is 39.2 Å². The van der Waals surface area contributed by atoms with Crippen LogP contribution in [0, 0.1) is 5.41 Å². The Morgan fingerprint density at radius 1 is 1.15 bits per heavy atom. The van der Waals surface area contributed by atoms with Gasteiger partial charge in [0.1, 0.15) is 18.5 Å². The average molecular weight is 378 g/mol. The number of aliphatic hydroxyl groups excluding tert-OH is 1. The molecule has 1 N–H and O–H groups in total. The van der Waals surface area contributed by atoms with Crippen molar-refractivity contribution in [3.63, 3.8) is 0 Å². The zero-order chi connectivity index (χ0) is 19.9. The molecular formula is C22H39N3O2. The summed E-state index contributed by atoms with van der Waals surface area (Å²) in [5.74, 6) is 0.839. The number of piperazine rings is 1. The molecule has 0 aromatic heterocycles. The number of rotatable bonds is 9.